The van der Waals surface area contributed by atoms with Crippen LogP contribution in [-0.4, -0.2) is 34.1 Å². The molecule has 0 radical (unpaired) electrons. The van der Waals surface area contributed by atoms with Gasteiger partial charge in [-0.25, -0.2) is 4.79 Å². The van der Waals surface area contributed by atoms with Crippen LogP contribution in [-0.2, 0) is 33.0 Å². The summed E-state index contributed by atoms with van der Waals surface area (Å²) in [5.74, 6) is -1.08. The van der Waals surface area contributed by atoms with E-state index in [0.29, 0.717) is 0 Å². The van der Waals surface area contributed by atoms with Crippen LogP contribution in [0, 0.1) is 0 Å². The maximum absolute atomic E-state index is 13.1. The van der Waals surface area contributed by atoms with E-state index in [-0.39, 0.29) is 24.3 Å². The third-order valence-corrected chi connectivity index (χ3v) is 5.05. The summed E-state index contributed by atoms with van der Waals surface area (Å²) in [6, 6.07) is 9.10. The quantitative estimate of drug-likeness (QED) is 0.542. The van der Waals surface area contributed by atoms with E-state index < -0.39 is 29.8 Å². The lowest BCUT2D eigenvalue weighted by atomic mass is 10.0. The first-order valence-electron chi connectivity index (χ1n) is 9.64. The van der Waals surface area contributed by atoms with Gasteiger partial charge in [0.15, 0.2) is 0 Å². The Kier molecular flexibility index (Phi) is 5.41. The average Bonchev–Trinajstić information content (AvgIpc) is 3.49. The molecule has 0 bridgehead atoms. The Morgan fingerprint density at radius 3 is 2.56 bits per heavy atom. The fourth-order valence-corrected chi connectivity index (χ4v) is 3.36. The molecule has 166 valence electrons. The Morgan fingerprint density at radius 2 is 1.94 bits per heavy atom. The molecular weight excluding hydrogens is 427 g/mol. The molecule has 1 aromatic carbocycles. The van der Waals surface area contributed by atoms with Gasteiger partial charge in [0, 0.05) is 42.2 Å². The molecule has 2 N–H and O–H groups in total. The minimum Gasteiger partial charge on any atom is -0.458 e. The number of aromatic amines is 1. The first-order valence-corrected chi connectivity index (χ1v) is 9.64. The van der Waals surface area contributed by atoms with E-state index in [0.717, 1.165) is 22.7 Å². The second-order valence-electron chi connectivity index (χ2n) is 7.33. The molecule has 11 heteroatoms. The smallest absolute Gasteiger partial charge is 0.442 e. The number of esters is 1. The highest BCUT2D eigenvalue weighted by Crippen LogP contribution is 2.52. The van der Waals surface area contributed by atoms with Crippen LogP contribution >= 0.6 is 0 Å². The topological polar surface area (TPSA) is 109 Å². The minimum absolute atomic E-state index is 0.200. The van der Waals surface area contributed by atoms with E-state index >= 15 is 0 Å². The van der Waals surface area contributed by atoms with Gasteiger partial charge in [-0.3, -0.25) is 9.78 Å². The van der Waals surface area contributed by atoms with Gasteiger partial charge in [0.05, 0.1) is 5.69 Å². The normalized spacial score (nSPS) is 15.4. The second-order valence-corrected chi connectivity index (χ2v) is 7.33. The molecule has 8 nitrogen and oxygen atoms in total. The van der Waals surface area contributed by atoms with E-state index in [1.165, 1.54) is 19.1 Å². The number of pyridine rings is 1. The number of fused-ring (bicyclic) bond motifs is 1. The van der Waals surface area contributed by atoms with Crippen molar-refractivity contribution in [2.75, 3.05) is 0 Å². The van der Waals surface area contributed by atoms with Crippen molar-refractivity contribution in [1.82, 2.24) is 15.3 Å². The summed E-state index contributed by atoms with van der Waals surface area (Å²) in [7, 11) is 0. The summed E-state index contributed by atoms with van der Waals surface area (Å²) in [5.41, 5.74) is -0.796. The van der Waals surface area contributed by atoms with Gasteiger partial charge < -0.3 is 15.0 Å². The molecule has 1 aliphatic heterocycles. The molecule has 0 aliphatic carbocycles. The Morgan fingerprint density at radius 1 is 1.19 bits per heavy atom. The lowest BCUT2D eigenvalue weighted by Gasteiger charge is -2.17. The zero-order valence-electron chi connectivity index (χ0n) is 16.8. The predicted octanol–water partition coefficient (Wildman–Crippen LogP) is 3.53. The number of nitrogens with zero attached hydrogens (tertiary/aromatic N) is 3. The highest BCUT2D eigenvalue weighted by atomic mass is 19.4. The molecule has 3 aromatic rings. The number of alkyl halides is 3. The molecule has 1 atom stereocenters. The lowest BCUT2D eigenvalue weighted by molar-refractivity contribution is -0.166. The van der Waals surface area contributed by atoms with Crippen molar-refractivity contribution in [3.63, 3.8) is 0 Å². The number of rotatable bonds is 7. The van der Waals surface area contributed by atoms with Crippen LogP contribution in [0.1, 0.15) is 23.7 Å². The largest absolute Gasteiger partial charge is 0.458 e. The standard InChI is InChI=1S/C21H18F3N5O3/c1-12(30)27-18(8-13-9-26-17-5-3-2-4-16(13)17)19(31)32-11-15-7-6-14(10-25-15)20(28-29-20)21(22,23)24/h2-7,9-10,18,26H,8,11H2,1H3,(H,27,30). The fourth-order valence-electron chi connectivity index (χ4n) is 3.36. The van der Waals surface area contributed by atoms with Gasteiger partial charge in [0.1, 0.15) is 12.6 Å². The van der Waals surface area contributed by atoms with Gasteiger partial charge in [-0.05, 0) is 17.7 Å². The van der Waals surface area contributed by atoms with Gasteiger partial charge in [-0.2, -0.15) is 13.2 Å². The molecule has 2 aromatic heterocycles. The molecule has 32 heavy (non-hydrogen) atoms. The number of halogens is 3. The van der Waals surface area contributed by atoms with Gasteiger partial charge in [-0.1, -0.05) is 24.3 Å². The van der Waals surface area contributed by atoms with E-state index in [4.69, 9.17) is 4.74 Å². The fraction of sp³-hybridized carbons (Fsp3) is 0.286. The number of amides is 1. The summed E-state index contributed by atoms with van der Waals surface area (Å²) in [4.78, 5) is 31.2. The van der Waals surface area contributed by atoms with E-state index in [1.54, 1.807) is 6.20 Å². The monoisotopic (exact) mass is 445 g/mol. The van der Waals surface area contributed by atoms with Crippen LogP contribution in [0.4, 0.5) is 13.2 Å². The van der Waals surface area contributed by atoms with Crippen LogP contribution in [0.5, 0.6) is 0 Å². The number of ether oxygens (including phenoxy) is 1. The minimum atomic E-state index is -4.64. The van der Waals surface area contributed by atoms with Crippen molar-refractivity contribution in [3.8, 4) is 0 Å². The SMILES string of the molecule is CC(=O)NC(Cc1c[nH]c2ccccc12)C(=O)OCc1ccc(C2(C(F)(F)F)N=N2)cn1. The molecule has 1 amide bonds. The van der Waals surface area contributed by atoms with Crippen molar-refractivity contribution in [2.24, 2.45) is 10.2 Å². The zero-order valence-corrected chi connectivity index (χ0v) is 16.8. The van der Waals surface area contributed by atoms with Crippen LogP contribution < -0.4 is 5.32 Å². The van der Waals surface area contributed by atoms with Crippen molar-refractivity contribution >= 4 is 22.8 Å². The molecule has 1 unspecified atom stereocenters. The molecular formula is C21H18F3N5O3. The third-order valence-electron chi connectivity index (χ3n) is 5.05. The summed E-state index contributed by atoms with van der Waals surface area (Å²) < 4.78 is 44.4. The van der Waals surface area contributed by atoms with Gasteiger partial charge in [0.25, 0.3) is 0 Å². The highest BCUT2D eigenvalue weighted by Gasteiger charge is 2.65. The van der Waals surface area contributed by atoms with Crippen molar-refractivity contribution in [3.05, 3.63) is 65.6 Å². The van der Waals surface area contributed by atoms with E-state index in [1.807, 2.05) is 24.3 Å². The maximum Gasteiger partial charge on any atom is 0.442 e. The van der Waals surface area contributed by atoms with Crippen LogP contribution in [0.3, 0.4) is 0 Å². The second kappa shape index (κ2) is 8.06. The van der Waals surface area contributed by atoms with Gasteiger partial charge in [-0.15, -0.1) is 10.2 Å². The first kappa shape index (κ1) is 21.5. The molecule has 1 aliphatic rings. The van der Waals surface area contributed by atoms with Crippen LogP contribution in [0.25, 0.3) is 10.9 Å². The average molecular weight is 445 g/mol. The zero-order chi connectivity index (χ0) is 22.9. The van der Waals surface area contributed by atoms with Gasteiger partial charge in [0.2, 0.25) is 5.91 Å². The number of hydrogen-bond acceptors (Lipinski definition) is 6. The number of aromatic nitrogens is 2. The molecule has 0 saturated heterocycles. The molecule has 0 fully saturated rings. The van der Waals surface area contributed by atoms with Crippen molar-refractivity contribution in [1.29, 1.82) is 0 Å². The van der Waals surface area contributed by atoms with Gasteiger partial charge >= 0.3 is 17.8 Å². The third kappa shape index (κ3) is 4.18. The molecule has 3 heterocycles. The number of carbonyl (C=O) groups is 2. The number of carbonyl (C=O) groups excluding carboxylic acids is 2. The number of benzene rings is 1. The van der Waals surface area contributed by atoms with Crippen LogP contribution in [0.15, 0.2) is 59.0 Å². The summed E-state index contributed by atoms with van der Waals surface area (Å²) in [6.07, 6.45) is -1.67. The number of para-hydroxylation sites is 1. The molecule has 0 spiro atoms. The summed E-state index contributed by atoms with van der Waals surface area (Å²) in [6.45, 7) is 1.02. The number of nitrogens with one attached hydrogen (secondary N) is 2. The van der Waals surface area contributed by atoms with Crippen LogP contribution in [0.2, 0.25) is 0 Å². The Labute approximate surface area is 179 Å². The Balaban J connectivity index is 1.42. The van der Waals surface area contributed by atoms with E-state index in [9.17, 15) is 22.8 Å². The lowest BCUT2D eigenvalue weighted by Crippen LogP contribution is -2.42. The summed E-state index contributed by atoms with van der Waals surface area (Å²) in [5, 5.41) is 9.73. The number of H-pyrrole nitrogens is 1. The maximum atomic E-state index is 13.1. The van der Waals surface area contributed by atoms with E-state index in [2.05, 4.69) is 25.5 Å². The Hall–Kier alpha value is -3.76. The molecule has 4 rings (SSSR count). The predicted molar refractivity (Wildman–Crippen MR) is 106 cm³/mol. The molecule has 0 saturated carbocycles. The summed E-state index contributed by atoms with van der Waals surface area (Å²) >= 11 is 0. The Bertz CT molecular complexity index is 1180. The number of hydrogen-bond donors (Lipinski definition) is 2. The highest BCUT2D eigenvalue weighted by molar-refractivity contribution is 5.86. The van der Waals surface area contributed by atoms with Crippen molar-refractivity contribution < 1.29 is 27.5 Å². The van der Waals surface area contributed by atoms with Crippen molar-refractivity contribution in [2.45, 2.75) is 37.8 Å². The first-order chi connectivity index (χ1) is 15.2.